The summed E-state index contributed by atoms with van der Waals surface area (Å²) in [4.78, 5) is 8.30. The van der Waals surface area contributed by atoms with E-state index in [1.165, 1.54) is 11.3 Å². The van der Waals surface area contributed by atoms with Crippen molar-refractivity contribution >= 4 is 22.4 Å². The number of nitrogens with two attached hydrogens (primary N) is 1. The molecule has 0 saturated heterocycles. The van der Waals surface area contributed by atoms with Gasteiger partial charge in [0, 0.05) is 11.6 Å². The number of nitrogens with zero attached hydrogens (tertiary/aromatic N) is 2. The van der Waals surface area contributed by atoms with Crippen molar-refractivity contribution in [1.29, 1.82) is 0 Å². The molecule has 0 spiro atoms. The summed E-state index contributed by atoms with van der Waals surface area (Å²) in [6.07, 6.45) is 1.71. The second-order valence-electron chi connectivity index (χ2n) is 3.52. The topological polar surface area (TPSA) is 72.5 Å². The zero-order valence-electron chi connectivity index (χ0n) is 9.96. The number of rotatable bonds is 4. The average Bonchev–Trinajstić information content (AvgIpc) is 2.89. The molecular formula is C12H14N4OS. The highest BCUT2D eigenvalue weighted by molar-refractivity contribution is 7.13. The first-order valence-corrected chi connectivity index (χ1v) is 6.25. The fourth-order valence-corrected chi connectivity index (χ4v) is 1.92. The number of aromatic nitrogens is 1. The van der Waals surface area contributed by atoms with E-state index < -0.39 is 0 Å². The van der Waals surface area contributed by atoms with Crippen LogP contribution in [0.15, 0.2) is 40.8 Å². The zero-order valence-corrected chi connectivity index (χ0v) is 10.8. The van der Waals surface area contributed by atoms with Crippen LogP contribution >= 0.6 is 11.3 Å². The lowest BCUT2D eigenvalue weighted by molar-refractivity contribution is 0.414. The Morgan fingerprint density at radius 2 is 2.44 bits per heavy atom. The first kappa shape index (κ1) is 12.4. The van der Waals surface area contributed by atoms with Crippen molar-refractivity contribution in [1.82, 2.24) is 4.98 Å². The molecular weight excluding hydrogens is 248 g/mol. The molecule has 0 aliphatic carbocycles. The monoisotopic (exact) mass is 262 g/mol. The van der Waals surface area contributed by atoms with Crippen molar-refractivity contribution in [2.24, 2.45) is 10.7 Å². The molecule has 0 fully saturated rings. The highest BCUT2D eigenvalue weighted by Gasteiger charge is 1.98. The normalized spacial score (nSPS) is 11.3. The number of benzene rings is 1. The smallest absolute Gasteiger partial charge is 0.195 e. The molecule has 0 aliphatic rings. The summed E-state index contributed by atoms with van der Waals surface area (Å²) in [6.45, 7) is 0.501. The fourth-order valence-electron chi connectivity index (χ4n) is 1.38. The van der Waals surface area contributed by atoms with Gasteiger partial charge in [-0.15, -0.1) is 11.3 Å². The molecule has 1 aromatic carbocycles. The quantitative estimate of drug-likeness (QED) is 0.653. The van der Waals surface area contributed by atoms with Gasteiger partial charge in [-0.3, -0.25) is 0 Å². The molecule has 0 radical (unpaired) electrons. The highest BCUT2D eigenvalue weighted by Crippen LogP contribution is 2.13. The van der Waals surface area contributed by atoms with Gasteiger partial charge in [0.15, 0.2) is 11.1 Å². The van der Waals surface area contributed by atoms with Gasteiger partial charge in [-0.1, -0.05) is 12.1 Å². The molecule has 5 nitrogen and oxygen atoms in total. The molecule has 6 heteroatoms. The summed E-state index contributed by atoms with van der Waals surface area (Å²) in [5.41, 5.74) is 6.80. The SMILES string of the molecule is COc1cccc(CN=C(N)Nc2nccs2)c1. The summed E-state index contributed by atoms with van der Waals surface area (Å²) < 4.78 is 5.14. The number of methoxy groups -OCH3 is 1. The first-order chi connectivity index (χ1) is 8.78. The highest BCUT2D eigenvalue weighted by atomic mass is 32.1. The number of ether oxygens (including phenoxy) is 1. The van der Waals surface area contributed by atoms with Gasteiger partial charge in [0.05, 0.1) is 13.7 Å². The maximum Gasteiger partial charge on any atom is 0.195 e. The van der Waals surface area contributed by atoms with Crippen molar-refractivity contribution in [3.8, 4) is 5.75 Å². The summed E-state index contributed by atoms with van der Waals surface area (Å²) in [5, 5.41) is 5.54. The summed E-state index contributed by atoms with van der Waals surface area (Å²) >= 11 is 1.48. The molecule has 0 atom stereocenters. The number of nitrogens with one attached hydrogen (secondary N) is 1. The molecule has 0 amide bonds. The van der Waals surface area contributed by atoms with Crippen molar-refractivity contribution < 1.29 is 4.74 Å². The maximum absolute atomic E-state index is 5.76. The maximum atomic E-state index is 5.76. The van der Waals surface area contributed by atoms with E-state index in [9.17, 15) is 0 Å². The number of hydrogen-bond acceptors (Lipinski definition) is 4. The minimum absolute atomic E-state index is 0.354. The van der Waals surface area contributed by atoms with Crippen molar-refractivity contribution in [2.45, 2.75) is 6.54 Å². The van der Waals surface area contributed by atoms with Crippen LogP contribution in [0.5, 0.6) is 5.75 Å². The summed E-state index contributed by atoms with van der Waals surface area (Å²) in [6, 6.07) is 7.72. The average molecular weight is 262 g/mol. The van der Waals surface area contributed by atoms with Gasteiger partial charge in [0.2, 0.25) is 0 Å². The molecule has 0 aliphatic heterocycles. The van der Waals surface area contributed by atoms with Crippen LogP contribution in [-0.2, 0) is 6.54 Å². The Labute approximate surface area is 109 Å². The molecule has 0 saturated carbocycles. The van der Waals surface area contributed by atoms with E-state index in [4.69, 9.17) is 10.5 Å². The van der Waals surface area contributed by atoms with Crippen LogP contribution in [0, 0.1) is 0 Å². The van der Waals surface area contributed by atoms with Gasteiger partial charge in [0.1, 0.15) is 5.75 Å². The van der Waals surface area contributed by atoms with Gasteiger partial charge in [-0.05, 0) is 17.7 Å². The minimum atomic E-state index is 0.354. The van der Waals surface area contributed by atoms with Crippen LogP contribution in [0.3, 0.4) is 0 Å². The van der Waals surface area contributed by atoms with Gasteiger partial charge in [-0.25, -0.2) is 9.98 Å². The molecule has 94 valence electrons. The van der Waals surface area contributed by atoms with E-state index in [1.807, 2.05) is 29.6 Å². The standard InChI is InChI=1S/C12H14N4OS/c1-17-10-4-2-3-9(7-10)8-15-11(13)16-12-14-5-6-18-12/h2-7H,8H2,1H3,(H3,13,14,15,16). The van der Waals surface area contributed by atoms with Gasteiger partial charge in [0.25, 0.3) is 0 Å². The van der Waals surface area contributed by atoms with Crippen LogP contribution < -0.4 is 15.8 Å². The molecule has 2 rings (SSSR count). The second kappa shape index (κ2) is 6.02. The molecule has 0 bridgehead atoms. The number of aliphatic imine (C=N–C) groups is 1. The van der Waals surface area contributed by atoms with Crippen LogP contribution in [0.4, 0.5) is 5.13 Å². The minimum Gasteiger partial charge on any atom is -0.497 e. The predicted octanol–water partition coefficient (Wildman–Crippen LogP) is 2.08. The van der Waals surface area contributed by atoms with Gasteiger partial charge in [-0.2, -0.15) is 0 Å². The first-order valence-electron chi connectivity index (χ1n) is 5.37. The number of hydrogen-bond donors (Lipinski definition) is 2. The predicted molar refractivity (Wildman–Crippen MR) is 74.1 cm³/mol. The summed E-state index contributed by atoms with van der Waals surface area (Å²) in [5.74, 6) is 1.17. The van der Waals surface area contributed by atoms with E-state index >= 15 is 0 Å². The largest absolute Gasteiger partial charge is 0.497 e. The number of thiazole rings is 1. The third kappa shape index (κ3) is 3.46. The van der Waals surface area contributed by atoms with Gasteiger partial charge < -0.3 is 15.8 Å². The van der Waals surface area contributed by atoms with Crippen LogP contribution in [0.2, 0.25) is 0 Å². The van der Waals surface area contributed by atoms with Crippen LogP contribution in [0.25, 0.3) is 0 Å². The number of guanidine groups is 1. The van der Waals surface area contributed by atoms with E-state index in [1.54, 1.807) is 13.3 Å². The molecule has 3 N–H and O–H groups in total. The van der Waals surface area contributed by atoms with E-state index in [0.29, 0.717) is 12.5 Å². The van der Waals surface area contributed by atoms with E-state index in [2.05, 4.69) is 15.3 Å². The Morgan fingerprint density at radius 3 is 3.17 bits per heavy atom. The molecule has 1 heterocycles. The third-order valence-electron chi connectivity index (χ3n) is 2.23. The zero-order chi connectivity index (χ0) is 12.8. The lowest BCUT2D eigenvalue weighted by Crippen LogP contribution is -2.22. The fraction of sp³-hybridized carbons (Fsp3) is 0.167. The van der Waals surface area contributed by atoms with Crippen molar-refractivity contribution in [3.05, 3.63) is 41.4 Å². The Kier molecular flexibility index (Phi) is 4.14. The van der Waals surface area contributed by atoms with E-state index in [0.717, 1.165) is 16.4 Å². The Balaban J connectivity index is 1.96. The summed E-state index contributed by atoms with van der Waals surface area (Å²) in [7, 11) is 1.64. The van der Waals surface area contributed by atoms with E-state index in [-0.39, 0.29) is 0 Å². The lowest BCUT2D eigenvalue weighted by atomic mass is 10.2. The molecule has 0 unspecified atom stereocenters. The molecule has 2 aromatic rings. The van der Waals surface area contributed by atoms with Crippen LogP contribution in [0.1, 0.15) is 5.56 Å². The molecule has 18 heavy (non-hydrogen) atoms. The van der Waals surface area contributed by atoms with Crippen LogP contribution in [-0.4, -0.2) is 18.1 Å². The third-order valence-corrected chi connectivity index (χ3v) is 2.92. The lowest BCUT2D eigenvalue weighted by Gasteiger charge is -2.03. The van der Waals surface area contributed by atoms with Crippen molar-refractivity contribution in [3.63, 3.8) is 0 Å². The Bertz CT molecular complexity index is 525. The number of anilines is 1. The second-order valence-corrected chi connectivity index (χ2v) is 4.41. The van der Waals surface area contributed by atoms with Gasteiger partial charge >= 0.3 is 0 Å². The molecule has 1 aromatic heterocycles. The van der Waals surface area contributed by atoms with Crippen molar-refractivity contribution in [2.75, 3.05) is 12.4 Å². The Morgan fingerprint density at radius 1 is 1.56 bits per heavy atom. The Hall–Kier alpha value is -2.08.